The largest absolute Gasteiger partial charge is 0 e. The molecule has 0 radical (unpaired) electrons. The van der Waals surface area contributed by atoms with E-state index in [9.17, 15) is 0 Å². The average Bonchev–Trinajstić information content (AvgIpc) is 0.747. The Morgan fingerprint density at radius 2 is 0.630 bits per heavy atom. The van der Waals surface area contributed by atoms with E-state index in [0.29, 0.717) is 29.6 Å². The predicted octanol–water partition coefficient (Wildman–Crippen LogP) is 34.6. The maximum atomic E-state index is 4.39. The van der Waals surface area contributed by atoms with Crippen LogP contribution in [-0.2, 0) is 0 Å². The minimum absolute atomic E-state index is 0. The van der Waals surface area contributed by atoms with E-state index >= 15 is 0 Å². The van der Waals surface area contributed by atoms with Crippen LogP contribution in [0.15, 0.2) is 391 Å². The first-order chi connectivity index (χ1) is 58.1. The first-order valence-electron chi connectivity index (χ1n) is 42.4. The van der Waals surface area contributed by atoms with Crippen molar-refractivity contribution in [3.8, 4) is 33.4 Å². The molecule has 0 nitrogen and oxygen atoms in total. The predicted molar refractivity (Wildman–Crippen MR) is 530 cm³/mol. The summed E-state index contributed by atoms with van der Waals surface area (Å²) in [5.41, 5.74) is 17.2. The Hall–Kier alpha value is -10.6. The van der Waals surface area contributed by atoms with E-state index in [1.54, 1.807) is 12.2 Å². The Bertz CT molecular complexity index is 6310. The monoisotopic (exact) mass is 1600 g/mol. The van der Waals surface area contributed by atoms with Gasteiger partial charge >= 0.3 is 30.0 Å². The van der Waals surface area contributed by atoms with E-state index in [-0.39, 0.29) is 37.7 Å². The van der Waals surface area contributed by atoms with Crippen LogP contribution in [0.4, 0.5) is 0 Å². The van der Waals surface area contributed by atoms with E-state index in [1.165, 1.54) is 228 Å². The molecule has 119 heavy (non-hydrogen) atoms. The molecule has 0 aliphatic rings. The van der Waals surface area contributed by atoms with E-state index in [1.807, 2.05) is 42.5 Å². The summed E-state index contributed by atoms with van der Waals surface area (Å²) in [5.74, 6) is 2.63. The van der Waals surface area contributed by atoms with E-state index in [0.717, 1.165) is 18.4 Å². The summed E-state index contributed by atoms with van der Waals surface area (Å²) >= 11 is 7.61. The van der Waals surface area contributed by atoms with Crippen molar-refractivity contribution < 1.29 is 37.7 Å². The molecule has 0 aliphatic heterocycles. The molecule has 18 aromatic rings. The first-order valence-corrected chi connectivity index (χ1v) is 43.4. The van der Waals surface area contributed by atoms with Crippen molar-refractivity contribution in [1.82, 2.24) is 0 Å². The van der Waals surface area contributed by atoms with Crippen molar-refractivity contribution >= 4 is 139 Å². The van der Waals surface area contributed by atoms with E-state index in [2.05, 4.69) is 387 Å². The molecule has 0 saturated carbocycles. The van der Waals surface area contributed by atoms with Crippen LogP contribution in [0.25, 0.3) is 142 Å². The molecule has 0 aliphatic carbocycles. The van der Waals surface area contributed by atoms with Crippen molar-refractivity contribution in [2.75, 3.05) is 0 Å². The minimum Gasteiger partial charge on any atom is 0 e. The number of thiol groups is 1. The fraction of sp³-hybridized carbons (Fsp3) is 0.165. The molecule has 0 saturated heterocycles. The molecule has 0 aromatic heterocycles. The molecule has 0 bridgehead atoms. The number of rotatable bonds is 28. The Morgan fingerprint density at radius 3 is 1.02 bits per heavy atom. The zero-order valence-corrected chi connectivity index (χ0v) is 71.3. The van der Waals surface area contributed by atoms with Crippen molar-refractivity contribution in [3.63, 3.8) is 0 Å². The molecule has 0 heterocycles. The number of hydrogen-bond acceptors (Lipinski definition) is 1. The van der Waals surface area contributed by atoms with Gasteiger partial charge in [0.05, 0.1) is 0 Å². The van der Waals surface area contributed by atoms with Crippen LogP contribution in [0.1, 0.15) is 148 Å². The van der Waals surface area contributed by atoms with Gasteiger partial charge in [-0.3, -0.25) is 0 Å². The SMILES string of the molecule is C=CC(CCC/C=C/CCC(CCC(CC)c1ccccc1)c1ccc(-c2ccc3ccc4cccc5ccc2c3c45)cc1)CCC(CCC(C)c1ccccc1)c1ccc(-c2ccc3ccc4cccc5ccc2c3c45)cc1.C=CC=C.C=Cc1ccc(-c2ccc3ccc4cccc5ccc2c3c45)cc1.C=Cc1ccccc1.S=BS.[Ar]. The molecule has 0 spiro atoms. The number of benzene rings is 18. The summed E-state index contributed by atoms with van der Waals surface area (Å²) in [7, 11) is 0. The zero-order valence-electron chi connectivity index (χ0n) is 68.9. The second-order valence-electron chi connectivity index (χ2n) is 31.6. The van der Waals surface area contributed by atoms with Crippen LogP contribution in [0.2, 0.25) is 0 Å². The maximum absolute atomic E-state index is 4.39. The molecule has 4 heteroatoms. The van der Waals surface area contributed by atoms with E-state index < -0.39 is 0 Å². The molecule has 0 N–H and O–H groups in total. The Balaban J connectivity index is 0.000000249. The smallest absolute Gasteiger partial charge is 0 e. The van der Waals surface area contributed by atoms with Gasteiger partial charge in [-0.1, -0.05) is 410 Å². The number of unbranched alkanes of at least 4 members (excludes halogenated alkanes) is 1. The molecule has 18 rings (SSSR count). The standard InChI is InChI=1S/C79H76.C24H16.C8H8.C4H6.Ar.BHS2/c1-4-56(30-32-61(31-29-55(3)58-20-13-9-14-21-58)63-37-41-65(42-38-63)73-52-48-71-46-44-67-26-18-28-69-50-54-75(73)79(71)77(67)69)19-11-7-6-8-12-24-60(34-33-57(5-2)59-22-15-10-16-23-59)62-35-39-64(40-36-62)72-51-47-70-45-43-66-25-17-27-68-49-53-74(72)78(70)76(66)68;1-2-16-6-8-17(9-7-16)21-14-12-20-11-10-18-4-3-5-19-13-15-22(21)24(20)23(18)19;1-2-8-6-4-3-5-7-8;1-3-4-2;;2-1-3/h4,6,8-10,13-18,20-23,25-28,35-57,60-61H,1,5,7,11-12,19,24,29-34H2,2-3H3;2-15H,1H2;2-7H,1H2;3-4H,1-2H2;;2H/b8-6+;;;;;. The van der Waals surface area contributed by atoms with Gasteiger partial charge in [0.25, 0.3) is 0 Å². The quantitative estimate of drug-likeness (QED) is 0.0127. The van der Waals surface area contributed by atoms with Crippen LogP contribution in [0.3, 0.4) is 0 Å². The summed E-state index contributed by atoms with van der Waals surface area (Å²) in [5, 5.41) is 24.1. The Labute approximate surface area is 748 Å². The third-order valence-electron chi connectivity index (χ3n) is 24.6. The third-order valence-corrected chi connectivity index (χ3v) is 24.6. The summed E-state index contributed by atoms with van der Waals surface area (Å²) in [4.78, 5) is 0. The van der Waals surface area contributed by atoms with Crippen molar-refractivity contribution in [2.24, 2.45) is 5.92 Å². The number of hydrogen-bond donors (Lipinski definition) is 1. The molecule has 5 atom stereocenters. The fourth-order valence-electron chi connectivity index (χ4n) is 18.1. The van der Waals surface area contributed by atoms with Crippen molar-refractivity contribution in [3.05, 3.63) is 424 Å². The summed E-state index contributed by atoms with van der Waals surface area (Å²) in [6.07, 6.45) is 28.3. The van der Waals surface area contributed by atoms with Gasteiger partial charge in [0.1, 0.15) is 0 Å². The van der Waals surface area contributed by atoms with Gasteiger partial charge in [-0.2, -0.15) is 0 Å². The van der Waals surface area contributed by atoms with Gasteiger partial charge in [-0.25, -0.2) is 0 Å². The molecule has 5 unspecified atom stereocenters. The number of allylic oxidation sites excluding steroid dienone is 5. The molecule has 0 amide bonds. The van der Waals surface area contributed by atoms with Crippen molar-refractivity contribution in [1.29, 1.82) is 0 Å². The van der Waals surface area contributed by atoms with Crippen molar-refractivity contribution in [2.45, 2.75) is 115 Å². The van der Waals surface area contributed by atoms with Gasteiger partial charge < -0.3 is 0 Å². The molecular formula is C115H107ArBS2. The maximum Gasteiger partial charge on any atom is 0 e. The van der Waals surface area contributed by atoms with Gasteiger partial charge in [0.2, 0.25) is 0 Å². The second kappa shape index (κ2) is 42.9. The Morgan fingerprint density at radius 1 is 0.311 bits per heavy atom. The zero-order chi connectivity index (χ0) is 81.5. The van der Waals surface area contributed by atoms with E-state index in [4.69, 9.17) is 0 Å². The normalized spacial score (nSPS) is 12.5. The van der Waals surface area contributed by atoms with Gasteiger partial charge in [0, 0.05) is 37.7 Å². The van der Waals surface area contributed by atoms with Gasteiger partial charge in [-0.05, 0) is 270 Å². The minimum atomic E-state index is 0. The molecule has 0 fully saturated rings. The molecule has 18 aromatic carbocycles. The summed E-state index contributed by atoms with van der Waals surface area (Å²) in [6, 6.07) is 121. The molecular weight excluding hydrogens is 1500 g/mol. The first kappa shape index (κ1) is 86.3. The Kier molecular flexibility index (Phi) is 31.1. The van der Waals surface area contributed by atoms with Crippen LogP contribution in [0, 0.1) is 43.7 Å². The second-order valence-corrected chi connectivity index (χ2v) is 32.4. The van der Waals surface area contributed by atoms with Crippen LogP contribution in [0.5, 0.6) is 0 Å². The van der Waals surface area contributed by atoms with Crippen LogP contribution in [-0.4, -0.2) is 5.43 Å². The summed E-state index contributed by atoms with van der Waals surface area (Å²) < 4.78 is 0. The fourth-order valence-corrected chi connectivity index (χ4v) is 18.1. The third kappa shape index (κ3) is 20.7. The average molecular weight is 1600 g/mol. The van der Waals surface area contributed by atoms with Crippen LogP contribution < -0.4 is 0 Å². The summed E-state index contributed by atoms with van der Waals surface area (Å²) in [6.45, 7) is 23.4. The molecule has 590 valence electrons. The topological polar surface area (TPSA) is 0 Å². The van der Waals surface area contributed by atoms with Crippen LogP contribution >= 0.6 is 24.5 Å². The van der Waals surface area contributed by atoms with Gasteiger partial charge in [-0.15, -0.1) is 6.58 Å². The van der Waals surface area contributed by atoms with Gasteiger partial charge in [0.15, 0.2) is 0 Å².